The zero-order chi connectivity index (χ0) is 16.1. The summed E-state index contributed by atoms with van der Waals surface area (Å²) in [7, 11) is 0. The van der Waals surface area contributed by atoms with E-state index >= 15 is 0 Å². The van der Waals surface area contributed by atoms with Gasteiger partial charge >= 0.3 is 0 Å². The summed E-state index contributed by atoms with van der Waals surface area (Å²) < 4.78 is 5.85. The van der Waals surface area contributed by atoms with Gasteiger partial charge in [0.15, 0.2) is 0 Å². The summed E-state index contributed by atoms with van der Waals surface area (Å²) in [6.07, 6.45) is 5.96. The molecule has 0 saturated heterocycles. The van der Waals surface area contributed by atoms with Crippen LogP contribution in [0.4, 0.5) is 5.69 Å². The highest BCUT2D eigenvalue weighted by Gasteiger charge is 2.24. The number of aliphatic hydroxyl groups excluding tert-OH is 1. The number of nitrogens with one attached hydrogen (secondary N) is 2. The van der Waals surface area contributed by atoms with Crippen LogP contribution in [0, 0.1) is 5.92 Å². The van der Waals surface area contributed by atoms with E-state index in [0.29, 0.717) is 6.54 Å². The normalized spacial score (nSPS) is 23.2. The second-order valence-corrected chi connectivity index (χ2v) is 6.65. The van der Waals surface area contributed by atoms with Crippen LogP contribution in [0.5, 0.6) is 5.75 Å². The van der Waals surface area contributed by atoms with Gasteiger partial charge in [-0.1, -0.05) is 6.42 Å². The fourth-order valence-electron chi connectivity index (χ4n) is 2.92. The summed E-state index contributed by atoms with van der Waals surface area (Å²) in [6, 6.07) is 7.36. The van der Waals surface area contributed by atoms with Gasteiger partial charge in [0.2, 0.25) is 5.91 Å². The van der Waals surface area contributed by atoms with Crippen molar-refractivity contribution < 1.29 is 14.6 Å². The molecule has 1 aromatic rings. The minimum absolute atomic E-state index is 0. The maximum Gasteiger partial charge on any atom is 0.238 e. The molecule has 2 aliphatic rings. The number of rotatable bonds is 7. The molecule has 3 rings (SSSR count). The minimum Gasteiger partial charge on any atom is -0.488 e. The maximum atomic E-state index is 11.8. The third-order valence-electron chi connectivity index (χ3n) is 4.51. The first kappa shape index (κ1) is 19.0. The molecule has 2 atom stereocenters. The van der Waals surface area contributed by atoms with Crippen LogP contribution >= 0.6 is 12.4 Å². The Morgan fingerprint density at radius 2 is 1.83 bits per heavy atom. The summed E-state index contributed by atoms with van der Waals surface area (Å²) in [5.41, 5.74) is 0.764. The van der Waals surface area contributed by atoms with Gasteiger partial charge in [-0.2, -0.15) is 0 Å². The first-order valence-electron chi connectivity index (χ1n) is 8.66. The molecule has 24 heavy (non-hydrogen) atoms. The lowest BCUT2D eigenvalue weighted by Gasteiger charge is -2.28. The molecule has 2 aliphatic carbocycles. The number of hydrogen-bond donors (Lipinski definition) is 3. The lowest BCUT2D eigenvalue weighted by Crippen LogP contribution is -2.34. The summed E-state index contributed by atoms with van der Waals surface area (Å²) >= 11 is 0. The minimum atomic E-state index is -0.374. The molecule has 0 aliphatic heterocycles. The van der Waals surface area contributed by atoms with Gasteiger partial charge in [0.1, 0.15) is 11.9 Å². The largest absolute Gasteiger partial charge is 0.488 e. The van der Waals surface area contributed by atoms with Gasteiger partial charge in [-0.15, -0.1) is 12.4 Å². The summed E-state index contributed by atoms with van der Waals surface area (Å²) in [5.74, 6) is 1.48. The number of halogens is 1. The van der Waals surface area contributed by atoms with Crippen molar-refractivity contribution in [1.29, 1.82) is 0 Å². The van der Waals surface area contributed by atoms with E-state index in [1.165, 1.54) is 12.8 Å². The topological polar surface area (TPSA) is 70.6 Å². The van der Waals surface area contributed by atoms with Gasteiger partial charge in [0, 0.05) is 5.69 Å². The van der Waals surface area contributed by atoms with Crippen LogP contribution in [0.1, 0.15) is 38.5 Å². The van der Waals surface area contributed by atoms with Crippen LogP contribution in [-0.2, 0) is 4.79 Å². The molecule has 134 valence electrons. The molecule has 2 unspecified atom stereocenters. The average Bonchev–Trinajstić information content (AvgIpc) is 3.36. The molecule has 0 bridgehead atoms. The molecular weight excluding hydrogens is 328 g/mol. The van der Waals surface area contributed by atoms with E-state index in [4.69, 9.17) is 4.74 Å². The van der Waals surface area contributed by atoms with E-state index < -0.39 is 0 Å². The van der Waals surface area contributed by atoms with Crippen molar-refractivity contribution in [1.82, 2.24) is 5.32 Å². The van der Waals surface area contributed by atoms with Crippen molar-refractivity contribution in [2.45, 2.75) is 50.7 Å². The number of anilines is 1. The van der Waals surface area contributed by atoms with Crippen molar-refractivity contribution in [3.8, 4) is 5.75 Å². The van der Waals surface area contributed by atoms with Crippen LogP contribution in [0.25, 0.3) is 0 Å². The van der Waals surface area contributed by atoms with Crippen molar-refractivity contribution in [2.24, 2.45) is 5.92 Å². The number of carbonyl (C=O) groups excluding carboxylic acids is 1. The van der Waals surface area contributed by atoms with E-state index in [0.717, 1.165) is 49.6 Å². The third-order valence-corrected chi connectivity index (χ3v) is 4.51. The molecule has 0 radical (unpaired) electrons. The Hall–Kier alpha value is -1.30. The van der Waals surface area contributed by atoms with Crippen LogP contribution in [-0.4, -0.2) is 36.3 Å². The summed E-state index contributed by atoms with van der Waals surface area (Å²) in [6.45, 7) is 1.28. The Balaban J connectivity index is 0.00000208. The first-order valence-corrected chi connectivity index (χ1v) is 8.66. The molecule has 6 heteroatoms. The number of carbonyl (C=O) groups is 1. The molecule has 3 N–H and O–H groups in total. The van der Waals surface area contributed by atoms with Gasteiger partial charge in [-0.3, -0.25) is 4.79 Å². The van der Waals surface area contributed by atoms with E-state index in [1.54, 1.807) is 0 Å². The third kappa shape index (κ3) is 5.96. The van der Waals surface area contributed by atoms with E-state index in [2.05, 4.69) is 10.6 Å². The van der Waals surface area contributed by atoms with Crippen molar-refractivity contribution in [3.63, 3.8) is 0 Å². The van der Waals surface area contributed by atoms with Crippen molar-refractivity contribution in [2.75, 3.05) is 18.4 Å². The van der Waals surface area contributed by atoms with Gasteiger partial charge in [0.05, 0.1) is 12.6 Å². The van der Waals surface area contributed by atoms with E-state index in [-0.39, 0.29) is 30.5 Å². The highest BCUT2D eigenvalue weighted by atomic mass is 35.5. The predicted octanol–water partition coefficient (Wildman–Crippen LogP) is 2.73. The fourth-order valence-corrected chi connectivity index (χ4v) is 2.92. The maximum absolute atomic E-state index is 11.8. The SMILES string of the molecule is Cl.O=C(CNCC1CC1)Nc1ccc(OC2CCCCC2O)cc1. The van der Waals surface area contributed by atoms with Crippen molar-refractivity contribution in [3.05, 3.63) is 24.3 Å². The van der Waals surface area contributed by atoms with Gasteiger partial charge in [0.25, 0.3) is 0 Å². The zero-order valence-corrected chi connectivity index (χ0v) is 14.7. The lowest BCUT2D eigenvalue weighted by atomic mass is 9.95. The van der Waals surface area contributed by atoms with Crippen LogP contribution < -0.4 is 15.4 Å². The highest BCUT2D eigenvalue weighted by Crippen LogP contribution is 2.27. The Bertz CT molecular complexity index is 520. The summed E-state index contributed by atoms with van der Waals surface area (Å²) in [5, 5.41) is 16.0. The van der Waals surface area contributed by atoms with Crippen molar-refractivity contribution >= 4 is 24.0 Å². The van der Waals surface area contributed by atoms with E-state index in [1.807, 2.05) is 24.3 Å². The molecular formula is C18H27ClN2O3. The van der Waals surface area contributed by atoms with Crippen LogP contribution in [0.15, 0.2) is 24.3 Å². The standard InChI is InChI=1S/C18H26N2O3.ClH/c21-16-3-1-2-4-17(16)23-15-9-7-14(8-10-15)20-18(22)12-19-11-13-5-6-13;/h7-10,13,16-17,19,21H,1-6,11-12H2,(H,20,22);1H. The van der Waals surface area contributed by atoms with Gasteiger partial charge < -0.3 is 20.5 Å². The number of ether oxygens (including phenoxy) is 1. The molecule has 1 aromatic carbocycles. The smallest absolute Gasteiger partial charge is 0.238 e. The first-order chi connectivity index (χ1) is 11.2. The molecule has 2 fully saturated rings. The predicted molar refractivity (Wildman–Crippen MR) is 96.8 cm³/mol. The number of benzene rings is 1. The molecule has 0 spiro atoms. The Morgan fingerprint density at radius 1 is 1.12 bits per heavy atom. The fraction of sp³-hybridized carbons (Fsp3) is 0.611. The molecule has 1 amide bonds. The second kappa shape index (κ2) is 9.25. The number of hydrogen-bond acceptors (Lipinski definition) is 4. The molecule has 0 aromatic heterocycles. The molecule has 5 nitrogen and oxygen atoms in total. The van der Waals surface area contributed by atoms with Crippen LogP contribution in [0.2, 0.25) is 0 Å². The highest BCUT2D eigenvalue weighted by molar-refractivity contribution is 5.92. The summed E-state index contributed by atoms with van der Waals surface area (Å²) in [4.78, 5) is 11.8. The molecule has 0 heterocycles. The lowest BCUT2D eigenvalue weighted by molar-refractivity contribution is -0.115. The number of amides is 1. The van der Waals surface area contributed by atoms with Crippen LogP contribution in [0.3, 0.4) is 0 Å². The Labute approximate surface area is 149 Å². The second-order valence-electron chi connectivity index (χ2n) is 6.65. The monoisotopic (exact) mass is 354 g/mol. The van der Waals surface area contributed by atoms with E-state index in [9.17, 15) is 9.90 Å². The quantitative estimate of drug-likeness (QED) is 0.704. The molecule has 2 saturated carbocycles. The number of aliphatic hydroxyl groups is 1. The Morgan fingerprint density at radius 3 is 2.50 bits per heavy atom. The zero-order valence-electron chi connectivity index (χ0n) is 13.9. The average molecular weight is 355 g/mol. The van der Waals surface area contributed by atoms with Gasteiger partial charge in [-0.05, 0) is 68.8 Å². The van der Waals surface area contributed by atoms with Gasteiger partial charge in [-0.25, -0.2) is 0 Å². The Kier molecular flexibility index (Phi) is 7.34.